The SMILES string of the molecule is O=C(CCS(=O)(=O)c1ccc([S+](c2ccccc2)c2ccccc2)cc1)C1CCOC1=O. The lowest BCUT2D eigenvalue weighted by molar-refractivity contribution is -0.144. The van der Waals surface area contributed by atoms with Crippen molar-refractivity contribution in [1.29, 1.82) is 0 Å². The van der Waals surface area contributed by atoms with Gasteiger partial charge in [-0.15, -0.1) is 0 Å². The van der Waals surface area contributed by atoms with E-state index in [4.69, 9.17) is 4.74 Å². The smallest absolute Gasteiger partial charge is 0.316 e. The fourth-order valence-corrected chi connectivity index (χ4v) is 6.96. The number of cyclic esters (lactones) is 1. The van der Waals surface area contributed by atoms with Crippen LogP contribution in [0.15, 0.2) is 105 Å². The zero-order valence-electron chi connectivity index (χ0n) is 17.3. The lowest BCUT2D eigenvalue weighted by atomic mass is 10.0. The summed E-state index contributed by atoms with van der Waals surface area (Å²) in [4.78, 5) is 27.2. The molecule has 3 aromatic carbocycles. The first-order valence-corrected chi connectivity index (χ1v) is 13.2. The number of sulfone groups is 1. The molecule has 164 valence electrons. The first kappa shape index (κ1) is 22.3. The van der Waals surface area contributed by atoms with Crippen molar-refractivity contribution >= 4 is 32.5 Å². The summed E-state index contributed by atoms with van der Waals surface area (Å²) in [6.45, 7) is 0.216. The Kier molecular flexibility index (Phi) is 6.77. The van der Waals surface area contributed by atoms with Gasteiger partial charge in [-0.05, 0) is 48.5 Å². The molecule has 0 bridgehead atoms. The van der Waals surface area contributed by atoms with Crippen LogP contribution in [0.1, 0.15) is 12.8 Å². The number of Topliss-reactive ketones (excluding diaryl/α,β-unsaturated/α-hetero) is 1. The molecule has 0 radical (unpaired) electrons. The summed E-state index contributed by atoms with van der Waals surface area (Å²) < 4.78 is 30.4. The van der Waals surface area contributed by atoms with E-state index < -0.39 is 21.7 Å². The number of benzene rings is 3. The van der Waals surface area contributed by atoms with Crippen molar-refractivity contribution in [3.05, 3.63) is 84.9 Å². The number of esters is 1. The van der Waals surface area contributed by atoms with E-state index in [1.165, 1.54) is 0 Å². The summed E-state index contributed by atoms with van der Waals surface area (Å²) in [5.41, 5.74) is 0. The van der Waals surface area contributed by atoms with Gasteiger partial charge in [0.2, 0.25) is 0 Å². The molecule has 1 heterocycles. The van der Waals surface area contributed by atoms with Crippen LogP contribution in [-0.4, -0.2) is 32.5 Å². The van der Waals surface area contributed by atoms with Crippen molar-refractivity contribution in [3.8, 4) is 0 Å². The van der Waals surface area contributed by atoms with Crippen LogP contribution in [0.5, 0.6) is 0 Å². The Labute approximate surface area is 190 Å². The number of rotatable bonds is 8. The highest BCUT2D eigenvalue weighted by atomic mass is 32.2. The zero-order valence-corrected chi connectivity index (χ0v) is 19.0. The van der Waals surface area contributed by atoms with Crippen LogP contribution in [0.2, 0.25) is 0 Å². The third-order valence-corrected chi connectivity index (χ3v) is 9.28. The van der Waals surface area contributed by atoms with Crippen LogP contribution in [0.25, 0.3) is 0 Å². The number of carbonyl (C=O) groups is 2. The van der Waals surface area contributed by atoms with Gasteiger partial charge in [-0.25, -0.2) is 8.42 Å². The number of hydrogen-bond acceptors (Lipinski definition) is 5. The molecule has 4 rings (SSSR count). The predicted molar refractivity (Wildman–Crippen MR) is 122 cm³/mol. The fraction of sp³-hybridized carbons (Fsp3) is 0.200. The average molecular weight is 468 g/mol. The van der Waals surface area contributed by atoms with Gasteiger partial charge in [0.1, 0.15) is 11.7 Å². The minimum Gasteiger partial charge on any atom is -0.465 e. The van der Waals surface area contributed by atoms with Gasteiger partial charge < -0.3 is 4.74 Å². The predicted octanol–water partition coefficient (Wildman–Crippen LogP) is 4.08. The topological polar surface area (TPSA) is 77.5 Å². The first-order valence-electron chi connectivity index (χ1n) is 10.3. The molecule has 0 amide bonds. The van der Waals surface area contributed by atoms with Crippen molar-refractivity contribution in [1.82, 2.24) is 0 Å². The molecule has 32 heavy (non-hydrogen) atoms. The standard InChI is InChI=1S/C25H23O5S2/c26-24(23-15-17-30-25(23)27)16-18-32(28,29)22-13-11-21(12-14-22)31(19-7-3-1-4-8-19)20-9-5-2-6-10-20/h1-14,23H,15-18H2/q+1. The summed E-state index contributed by atoms with van der Waals surface area (Å²) >= 11 is 0. The highest BCUT2D eigenvalue weighted by molar-refractivity contribution is 7.97. The molecule has 0 saturated carbocycles. The van der Waals surface area contributed by atoms with Gasteiger partial charge in [-0.3, -0.25) is 9.59 Å². The maximum Gasteiger partial charge on any atom is 0.316 e. The molecule has 1 aliphatic heterocycles. The maximum atomic E-state index is 12.8. The number of carbonyl (C=O) groups excluding carboxylic acids is 2. The normalized spacial score (nSPS) is 16.2. The van der Waals surface area contributed by atoms with Crippen molar-refractivity contribution in [2.24, 2.45) is 5.92 Å². The highest BCUT2D eigenvalue weighted by Crippen LogP contribution is 2.31. The molecule has 3 aromatic rings. The quantitative estimate of drug-likeness (QED) is 0.283. The largest absolute Gasteiger partial charge is 0.465 e. The molecule has 7 heteroatoms. The van der Waals surface area contributed by atoms with Gasteiger partial charge in [0, 0.05) is 12.8 Å². The molecule has 0 spiro atoms. The van der Waals surface area contributed by atoms with Crippen molar-refractivity contribution in [2.45, 2.75) is 32.4 Å². The van der Waals surface area contributed by atoms with Crippen LogP contribution in [0.4, 0.5) is 0 Å². The first-order chi connectivity index (χ1) is 15.5. The van der Waals surface area contributed by atoms with Gasteiger partial charge in [-0.2, -0.15) is 0 Å². The van der Waals surface area contributed by atoms with Crippen LogP contribution >= 0.6 is 0 Å². The van der Waals surface area contributed by atoms with E-state index in [0.29, 0.717) is 6.42 Å². The molecule has 1 aliphatic rings. The molecule has 1 atom stereocenters. The van der Waals surface area contributed by atoms with Crippen molar-refractivity contribution < 1.29 is 22.7 Å². The molecular weight excluding hydrogens is 444 g/mol. The fourth-order valence-electron chi connectivity index (χ4n) is 3.62. The third kappa shape index (κ3) is 4.95. The molecule has 0 N–H and O–H groups in total. The Morgan fingerprint density at radius 2 is 1.38 bits per heavy atom. The van der Waals surface area contributed by atoms with Gasteiger partial charge in [-0.1, -0.05) is 36.4 Å². The van der Waals surface area contributed by atoms with E-state index in [1.807, 2.05) is 48.5 Å². The second-order valence-corrected chi connectivity index (χ2v) is 11.6. The monoisotopic (exact) mass is 467 g/mol. The Morgan fingerprint density at radius 3 is 1.88 bits per heavy atom. The Bertz CT molecular complexity index is 1150. The van der Waals surface area contributed by atoms with E-state index in [1.54, 1.807) is 12.1 Å². The molecule has 0 aromatic heterocycles. The lowest BCUT2D eigenvalue weighted by Gasteiger charge is -2.09. The molecule has 1 saturated heterocycles. The maximum absolute atomic E-state index is 12.8. The van der Waals surface area contributed by atoms with E-state index in [2.05, 4.69) is 24.3 Å². The van der Waals surface area contributed by atoms with Crippen molar-refractivity contribution in [2.75, 3.05) is 12.4 Å². The van der Waals surface area contributed by atoms with E-state index in [-0.39, 0.29) is 40.4 Å². The number of hydrogen-bond donors (Lipinski definition) is 0. The second-order valence-electron chi connectivity index (χ2n) is 7.45. The summed E-state index contributed by atoms with van der Waals surface area (Å²) in [7, 11) is -4.01. The van der Waals surface area contributed by atoms with E-state index in [9.17, 15) is 18.0 Å². The molecule has 1 unspecified atom stereocenters. The minimum absolute atomic E-state index is 0.174. The zero-order chi connectivity index (χ0) is 22.6. The second kappa shape index (κ2) is 9.71. The van der Waals surface area contributed by atoms with Crippen molar-refractivity contribution in [3.63, 3.8) is 0 Å². The van der Waals surface area contributed by atoms with Crippen LogP contribution in [-0.2, 0) is 35.1 Å². The van der Waals surface area contributed by atoms with Gasteiger partial charge in [0.05, 0.1) is 28.2 Å². The van der Waals surface area contributed by atoms with Gasteiger partial charge in [0.25, 0.3) is 0 Å². The molecular formula is C25H23O5S2+. The van der Waals surface area contributed by atoms with E-state index >= 15 is 0 Å². The van der Waals surface area contributed by atoms with E-state index in [0.717, 1.165) is 14.7 Å². The Morgan fingerprint density at radius 1 is 0.844 bits per heavy atom. The third-order valence-electron chi connectivity index (χ3n) is 5.32. The van der Waals surface area contributed by atoms with Crippen LogP contribution in [0.3, 0.4) is 0 Å². The summed E-state index contributed by atoms with van der Waals surface area (Å²) in [5.74, 6) is -2.07. The van der Waals surface area contributed by atoms with Gasteiger partial charge in [0.15, 0.2) is 24.5 Å². The molecule has 0 aliphatic carbocycles. The Balaban J connectivity index is 1.54. The molecule has 1 fully saturated rings. The Hall–Kier alpha value is -2.90. The summed E-state index contributed by atoms with van der Waals surface area (Å²) in [6.07, 6.45) is 0.135. The van der Waals surface area contributed by atoms with Crippen LogP contribution < -0.4 is 0 Å². The number of ketones is 1. The summed E-state index contributed by atoms with van der Waals surface area (Å²) in [5, 5.41) is 0. The van der Waals surface area contributed by atoms with Crippen LogP contribution in [0, 0.1) is 5.92 Å². The summed E-state index contributed by atoms with van der Waals surface area (Å²) in [6, 6.07) is 27.1. The lowest BCUT2D eigenvalue weighted by Crippen LogP contribution is -2.22. The average Bonchev–Trinajstić information content (AvgIpc) is 3.25. The minimum atomic E-state index is -3.64. The van der Waals surface area contributed by atoms with Gasteiger partial charge >= 0.3 is 5.97 Å². The number of ether oxygens (including phenoxy) is 1. The molecule has 5 nitrogen and oxygen atoms in total. The highest BCUT2D eigenvalue weighted by Gasteiger charge is 2.34.